The molecule has 0 spiro atoms. The van der Waals surface area contributed by atoms with Gasteiger partial charge < -0.3 is 8.98 Å². The van der Waals surface area contributed by atoms with Gasteiger partial charge >= 0.3 is 0 Å². The molecule has 6 heteroatoms. The van der Waals surface area contributed by atoms with Gasteiger partial charge in [-0.3, -0.25) is 0 Å². The first kappa shape index (κ1) is 36.8. The minimum Gasteiger partial charge on any atom is -0.456 e. The standard InChI is InChI=1S/C57H36N4OS/c63-53-27-15-12-22-42(53)39-29-31-50-48(32-39)43-23-10-13-25-49(43)61(50)54-46(36-16-4-1-5-17-36)33-41(34-47(54)37-18-6-2-7-19-37)57-59-55(38-20-8-3-9-21-38)58-56(60-57)40-28-30-45-44-24-11-14-26-51(44)62-52(45)35-40/h1-35,63H. The average molecular weight is 825 g/mol. The zero-order valence-electron chi connectivity index (χ0n) is 33.9. The number of rotatable bonds is 7. The monoisotopic (exact) mass is 824 g/mol. The summed E-state index contributed by atoms with van der Waals surface area (Å²) in [4.78, 5) is 16.6. The average Bonchev–Trinajstić information content (AvgIpc) is 3.89. The van der Waals surface area contributed by atoms with Crippen molar-refractivity contribution in [2.24, 2.45) is 0 Å². The summed E-state index contributed by atoms with van der Waals surface area (Å²) in [6.07, 6.45) is 0. The lowest BCUT2D eigenvalue weighted by Gasteiger charge is -2.21. The predicted octanol–water partition coefficient (Wildman–Crippen LogP) is 15.2. The fourth-order valence-corrected chi connectivity index (χ4v) is 9.28. The molecule has 63 heavy (non-hydrogen) atoms. The minimum absolute atomic E-state index is 0.564. The van der Waals surface area contributed by atoms with Crippen LogP contribution in [0.4, 0.5) is 0 Å². The number of fused-ring (bicyclic) bond motifs is 6. The van der Waals surface area contributed by atoms with E-state index in [1.54, 1.807) is 0 Å². The lowest BCUT2D eigenvalue weighted by molar-refractivity contribution is 0.669. The highest BCUT2D eigenvalue weighted by molar-refractivity contribution is 7.80. The van der Waals surface area contributed by atoms with Crippen molar-refractivity contribution < 1.29 is 4.42 Å². The lowest BCUT2D eigenvalue weighted by Crippen LogP contribution is -2.04. The first-order chi connectivity index (χ1) is 31.1. The Bertz CT molecular complexity index is 3630. The number of aromatic nitrogens is 4. The first-order valence-electron chi connectivity index (χ1n) is 21.0. The molecular formula is C57H36N4OS. The normalized spacial score (nSPS) is 11.6. The Labute approximate surface area is 369 Å². The van der Waals surface area contributed by atoms with Crippen LogP contribution >= 0.6 is 12.6 Å². The molecule has 0 fully saturated rings. The van der Waals surface area contributed by atoms with Crippen molar-refractivity contribution in [1.82, 2.24) is 19.5 Å². The minimum atomic E-state index is 0.564. The molecule has 0 atom stereocenters. The lowest BCUT2D eigenvalue weighted by atomic mass is 9.92. The topological polar surface area (TPSA) is 56.7 Å². The van der Waals surface area contributed by atoms with E-state index in [4.69, 9.17) is 32.0 Å². The predicted molar refractivity (Wildman–Crippen MR) is 261 cm³/mol. The molecule has 12 aromatic rings. The third-order valence-corrected chi connectivity index (χ3v) is 12.3. The van der Waals surface area contributed by atoms with Gasteiger partial charge in [-0.15, -0.1) is 12.6 Å². The maximum atomic E-state index is 6.34. The molecule has 5 nitrogen and oxygen atoms in total. The second-order valence-electron chi connectivity index (χ2n) is 15.7. The molecule has 0 saturated carbocycles. The smallest absolute Gasteiger partial charge is 0.164 e. The Kier molecular flexibility index (Phi) is 8.83. The van der Waals surface area contributed by atoms with Crippen LogP contribution in [-0.4, -0.2) is 19.5 Å². The highest BCUT2D eigenvalue weighted by Gasteiger charge is 2.24. The van der Waals surface area contributed by atoms with Crippen molar-refractivity contribution in [3.63, 3.8) is 0 Å². The number of benzene rings is 9. The Morgan fingerprint density at radius 3 is 1.56 bits per heavy atom. The summed E-state index contributed by atoms with van der Waals surface area (Å²) in [6.45, 7) is 0. The molecule has 3 aromatic heterocycles. The number of furan rings is 1. The third-order valence-electron chi connectivity index (χ3n) is 12.0. The number of thiol groups is 1. The zero-order chi connectivity index (χ0) is 41.9. The number of hydrogen-bond acceptors (Lipinski definition) is 5. The van der Waals surface area contributed by atoms with Crippen LogP contribution in [0.25, 0.3) is 117 Å². The van der Waals surface area contributed by atoms with Crippen LogP contribution in [-0.2, 0) is 0 Å². The van der Waals surface area contributed by atoms with Crippen LogP contribution in [0.3, 0.4) is 0 Å². The molecule has 0 radical (unpaired) electrons. The van der Waals surface area contributed by atoms with E-state index in [2.05, 4.69) is 150 Å². The van der Waals surface area contributed by atoms with Gasteiger partial charge in [0.2, 0.25) is 0 Å². The van der Waals surface area contributed by atoms with Gasteiger partial charge in [0.25, 0.3) is 0 Å². The largest absolute Gasteiger partial charge is 0.456 e. The van der Waals surface area contributed by atoms with Gasteiger partial charge in [0.05, 0.1) is 16.7 Å². The summed E-state index contributed by atoms with van der Waals surface area (Å²) in [7, 11) is 0. The molecule has 0 aliphatic rings. The molecule has 0 N–H and O–H groups in total. The van der Waals surface area contributed by atoms with E-state index >= 15 is 0 Å². The van der Waals surface area contributed by atoms with E-state index in [1.807, 2.05) is 66.7 Å². The molecule has 3 heterocycles. The molecule has 0 aliphatic carbocycles. The van der Waals surface area contributed by atoms with Crippen molar-refractivity contribution in [3.8, 4) is 73.2 Å². The van der Waals surface area contributed by atoms with E-state index < -0.39 is 0 Å². The fraction of sp³-hybridized carbons (Fsp3) is 0. The Morgan fingerprint density at radius 2 is 0.857 bits per heavy atom. The van der Waals surface area contributed by atoms with Gasteiger partial charge in [0, 0.05) is 54.3 Å². The molecule has 12 rings (SSSR count). The zero-order valence-corrected chi connectivity index (χ0v) is 34.7. The molecular weight excluding hydrogens is 789 g/mol. The Hall–Kier alpha value is -8.06. The van der Waals surface area contributed by atoms with Crippen molar-refractivity contribution in [1.29, 1.82) is 0 Å². The highest BCUT2D eigenvalue weighted by Crippen LogP contribution is 2.45. The van der Waals surface area contributed by atoms with Crippen LogP contribution in [0.15, 0.2) is 222 Å². The molecule has 0 aliphatic heterocycles. The second kappa shape index (κ2) is 15.1. The van der Waals surface area contributed by atoms with E-state index in [9.17, 15) is 0 Å². The highest BCUT2D eigenvalue weighted by atomic mass is 32.1. The summed E-state index contributed by atoms with van der Waals surface area (Å²) in [5.41, 5.74) is 14.0. The first-order valence-corrected chi connectivity index (χ1v) is 21.4. The summed E-state index contributed by atoms with van der Waals surface area (Å²) in [6, 6.07) is 74.0. The van der Waals surface area contributed by atoms with E-state index in [-0.39, 0.29) is 0 Å². The molecule has 0 saturated heterocycles. The van der Waals surface area contributed by atoms with Crippen molar-refractivity contribution in [3.05, 3.63) is 212 Å². The molecule has 0 amide bonds. The van der Waals surface area contributed by atoms with E-state index in [0.717, 1.165) is 99.0 Å². The quantitative estimate of drug-likeness (QED) is 0.163. The van der Waals surface area contributed by atoms with Crippen molar-refractivity contribution >= 4 is 56.4 Å². The van der Waals surface area contributed by atoms with Crippen molar-refractivity contribution in [2.75, 3.05) is 0 Å². The van der Waals surface area contributed by atoms with Gasteiger partial charge in [0.15, 0.2) is 17.5 Å². The molecule has 0 unspecified atom stereocenters. The van der Waals surface area contributed by atoms with Crippen LogP contribution in [0.1, 0.15) is 0 Å². The van der Waals surface area contributed by atoms with E-state index in [0.29, 0.717) is 17.5 Å². The third kappa shape index (κ3) is 6.39. The van der Waals surface area contributed by atoms with Crippen LogP contribution in [0.5, 0.6) is 0 Å². The van der Waals surface area contributed by atoms with E-state index in [1.165, 1.54) is 5.39 Å². The fourth-order valence-electron chi connectivity index (χ4n) is 8.99. The van der Waals surface area contributed by atoms with Gasteiger partial charge in [-0.1, -0.05) is 158 Å². The van der Waals surface area contributed by atoms with Gasteiger partial charge in [-0.25, -0.2) is 15.0 Å². The number of para-hydroxylation sites is 2. The SMILES string of the molecule is Sc1ccccc1-c1ccc2c(c1)c1ccccc1n2-c1c(-c2ccccc2)cc(-c2nc(-c3ccccc3)nc(-c3ccc4c(c3)oc3ccccc34)n2)cc1-c1ccccc1. The molecule has 296 valence electrons. The summed E-state index contributed by atoms with van der Waals surface area (Å²) in [5, 5.41) is 4.46. The van der Waals surface area contributed by atoms with Gasteiger partial charge in [-0.2, -0.15) is 0 Å². The maximum absolute atomic E-state index is 6.34. The second-order valence-corrected chi connectivity index (χ2v) is 16.2. The number of hydrogen-bond donors (Lipinski definition) is 1. The number of nitrogens with zero attached hydrogens (tertiary/aromatic N) is 4. The van der Waals surface area contributed by atoms with Gasteiger partial charge in [-0.05, 0) is 76.9 Å². The summed E-state index contributed by atoms with van der Waals surface area (Å²) < 4.78 is 8.78. The Balaban J connectivity index is 1.14. The van der Waals surface area contributed by atoms with Crippen LogP contribution < -0.4 is 0 Å². The molecule has 9 aromatic carbocycles. The Morgan fingerprint density at radius 1 is 0.333 bits per heavy atom. The van der Waals surface area contributed by atoms with Gasteiger partial charge in [0.1, 0.15) is 11.2 Å². The van der Waals surface area contributed by atoms with Crippen LogP contribution in [0, 0.1) is 0 Å². The summed E-state index contributed by atoms with van der Waals surface area (Å²) >= 11 is 4.84. The summed E-state index contributed by atoms with van der Waals surface area (Å²) in [5.74, 6) is 1.73. The molecule has 0 bridgehead atoms. The van der Waals surface area contributed by atoms with Crippen molar-refractivity contribution in [2.45, 2.75) is 4.90 Å². The van der Waals surface area contributed by atoms with Crippen LogP contribution in [0.2, 0.25) is 0 Å². The maximum Gasteiger partial charge on any atom is 0.164 e.